The molecule has 1 saturated carbocycles. The van der Waals surface area contributed by atoms with Crippen LogP contribution in [0, 0.1) is 11.8 Å². The molecule has 0 spiro atoms. The number of nitrogens with zero attached hydrogens (tertiary/aromatic N) is 1. The summed E-state index contributed by atoms with van der Waals surface area (Å²) in [5.74, 6) is 0.415. The largest absolute Gasteiger partial charge is 0.396 e. The van der Waals surface area contributed by atoms with Crippen LogP contribution in [0.5, 0.6) is 0 Å². The number of aliphatic hydroxyl groups excluding tert-OH is 1. The fraction of sp³-hybridized carbons (Fsp3) is 0.409. The number of aliphatic hydroxyl groups is 1. The Hall–Kier alpha value is -2.73. The van der Waals surface area contributed by atoms with Crippen LogP contribution in [0.4, 0.5) is 0 Å². The first-order valence-electron chi connectivity index (χ1n) is 9.61. The Morgan fingerprint density at radius 2 is 1.96 bits per heavy atom. The van der Waals surface area contributed by atoms with E-state index >= 15 is 0 Å². The van der Waals surface area contributed by atoms with Crippen LogP contribution in [-0.2, 0) is 13.0 Å². The summed E-state index contributed by atoms with van der Waals surface area (Å²) in [6.07, 6.45) is 3.58. The standard InChI is InChI=1S/C22H26N2O4/c1-14-8-17(14)11-20(26)18-10-19(21(27)23-2)22(28)24(13-18)12-16-5-3-4-15(9-16)6-7-25/h3-5,9-10,13-14,17,25H,6-8,11-12H2,1-2H3,(H,23,27)/t14-,17+/m0/s1. The number of Topliss-reactive ketones (excluding diaryl/α,β-unsaturated/α-hetero) is 1. The number of aromatic nitrogens is 1. The van der Waals surface area contributed by atoms with E-state index in [-0.39, 0.29) is 24.5 Å². The van der Waals surface area contributed by atoms with Crippen LogP contribution in [-0.4, -0.2) is 35.0 Å². The van der Waals surface area contributed by atoms with E-state index in [4.69, 9.17) is 5.11 Å². The average Bonchev–Trinajstić information content (AvgIpc) is 3.37. The Balaban J connectivity index is 1.95. The van der Waals surface area contributed by atoms with Gasteiger partial charge < -0.3 is 15.0 Å². The maximum absolute atomic E-state index is 12.8. The maximum atomic E-state index is 12.8. The summed E-state index contributed by atoms with van der Waals surface area (Å²) in [4.78, 5) is 37.7. The number of pyridine rings is 1. The molecule has 1 aromatic carbocycles. The van der Waals surface area contributed by atoms with E-state index in [1.807, 2.05) is 24.3 Å². The van der Waals surface area contributed by atoms with Gasteiger partial charge in [0.05, 0.1) is 6.54 Å². The number of ketones is 1. The zero-order valence-corrected chi connectivity index (χ0v) is 16.3. The highest BCUT2D eigenvalue weighted by atomic mass is 16.3. The van der Waals surface area contributed by atoms with Gasteiger partial charge in [-0.1, -0.05) is 31.2 Å². The Bertz CT molecular complexity index is 948. The van der Waals surface area contributed by atoms with Crippen molar-refractivity contribution in [3.8, 4) is 0 Å². The first-order chi connectivity index (χ1) is 13.4. The number of rotatable bonds is 8. The first kappa shape index (κ1) is 20.0. The molecule has 0 unspecified atom stereocenters. The van der Waals surface area contributed by atoms with Crippen molar-refractivity contribution in [1.82, 2.24) is 9.88 Å². The molecule has 6 heteroatoms. The Labute approximate surface area is 164 Å². The summed E-state index contributed by atoms with van der Waals surface area (Å²) < 4.78 is 1.42. The van der Waals surface area contributed by atoms with E-state index in [1.165, 1.54) is 17.7 Å². The van der Waals surface area contributed by atoms with E-state index < -0.39 is 11.5 Å². The molecule has 0 aliphatic heterocycles. The Kier molecular flexibility index (Phi) is 6.09. The molecule has 148 valence electrons. The SMILES string of the molecule is CNC(=O)c1cc(C(=O)C[C@H]2C[C@@H]2C)cn(Cc2cccc(CCO)c2)c1=O. The monoisotopic (exact) mass is 382 g/mol. The predicted octanol–water partition coefficient (Wildman–Crippen LogP) is 2.02. The number of amides is 1. The van der Waals surface area contributed by atoms with Gasteiger partial charge in [0.2, 0.25) is 0 Å². The molecule has 0 radical (unpaired) electrons. The second-order valence-electron chi connectivity index (χ2n) is 7.55. The van der Waals surface area contributed by atoms with Crippen LogP contribution in [0.25, 0.3) is 0 Å². The maximum Gasteiger partial charge on any atom is 0.263 e. The van der Waals surface area contributed by atoms with Crippen LogP contribution in [0.1, 0.15) is 51.6 Å². The highest BCUT2D eigenvalue weighted by Crippen LogP contribution is 2.41. The van der Waals surface area contributed by atoms with Crippen molar-refractivity contribution in [3.05, 3.63) is 69.1 Å². The minimum absolute atomic E-state index is 0.0243. The van der Waals surface area contributed by atoms with Gasteiger partial charge in [-0.25, -0.2) is 0 Å². The average molecular weight is 382 g/mol. The van der Waals surface area contributed by atoms with Gasteiger partial charge in [0.15, 0.2) is 5.78 Å². The number of carbonyl (C=O) groups excluding carboxylic acids is 2. The summed E-state index contributed by atoms with van der Waals surface area (Å²) in [6.45, 7) is 2.42. The lowest BCUT2D eigenvalue weighted by molar-refractivity contribution is 0.0961. The van der Waals surface area contributed by atoms with Gasteiger partial charge in [0.1, 0.15) is 5.56 Å². The Morgan fingerprint density at radius 1 is 1.25 bits per heavy atom. The zero-order chi connectivity index (χ0) is 20.3. The lowest BCUT2D eigenvalue weighted by atomic mass is 10.0. The molecule has 28 heavy (non-hydrogen) atoms. The molecule has 1 amide bonds. The molecular formula is C22H26N2O4. The molecule has 0 bridgehead atoms. The summed E-state index contributed by atoms with van der Waals surface area (Å²) in [5, 5.41) is 11.6. The number of benzene rings is 1. The van der Waals surface area contributed by atoms with Crippen LogP contribution in [0.3, 0.4) is 0 Å². The van der Waals surface area contributed by atoms with Crippen LogP contribution in [0.2, 0.25) is 0 Å². The minimum atomic E-state index is -0.498. The topological polar surface area (TPSA) is 88.4 Å². The van der Waals surface area contributed by atoms with Gasteiger partial charge >= 0.3 is 0 Å². The summed E-state index contributed by atoms with van der Waals surface area (Å²) in [5.41, 5.74) is 1.78. The molecule has 2 aromatic rings. The van der Waals surface area contributed by atoms with Gasteiger partial charge in [-0.05, 0) is 41.9 Å². The van der Waals surface area contributed by atoms with E-state index in [9.17, 15) is 14.4 Å². The van der Waals surface area contributed by atoms with Crippen molar-refractivity contribution >= 4 is 11.7 Å². The van der Waals surface area contributed by atoms with Crippen LogP contribution >= 0.6 is 0 Å². The second kappa shape index (κ2) is 8.52. The fourth-order valence-corrected chi connectivity index (χ4v) is 3.45. The normalized spacial score (nSPS) is 18.0. The van der Waals surface area contributed by atoms with Gasteiger partial charge in [0.25, 0.3) is 11.5 Å². The molecule has 3 rings (SSSR count). The number of carbonyl (C=O) groups is 2. The lowest BCUT2D eigenvalue weighted by Crippen LogP contribution is -2.32. The zero-order valence-electron chi connectivity index (χ0n) is 16.3. The second-order valence-corrected chi connectivity index (χ2v) is 7.55. The molecule has 1 aliphatic carbocycles. The predicted molar refractivity (Wildman–Crippen MR) is 107 cm³/mol. The van der Waals surface area contributed by atoms with Crippen molar-refractivity contribution in [1.29, 1.82) is 0 Å². The van der Waals surface area contributed by atoms with Gasteiger partial charge in [0, 0.05) is 31.8 Å². The number of hydrogen-bond acceptors (Lipinski definition) is 4. The molecule has 2 atom stereocenters. The van der Waals surface area contributed by atoms with Crippen molar-refractivity contribution in [2.45, 2.75) is 32.7 Å². The first-order valence-corrected chi connectivity index (χ1v) is 9.61. The van der Waals surface area contributed by atoms with Gasteiger partial charge in [-0.2, -0.15) is 0 Å². The van der Waals surface area contributed by atoms with Gasteiger partial charge in [-0.3, -0.25) is 14.4 Å². The summed E-state index contributed by atoms with van der Waals surface area (Å²) in [7, 11) is 1.46. The third-order valence-electron chi connectivity index (χ3n) is 5.35. The Morgan fingerprint density at radius 3 is 2.61 bits per heavy atom. The van der Waals surface area contributed by atoms with Crippen molar-refractivity contribution in [2.75, 3.05) is 13.7 Å². The molecule has 1 fully saturated rings. The highest BCUT2D eigenvalue weighted by Gasteiger charge is 2.34. The smallest absolute Gasteiger partial charge is 0.263 e. The summed E-state index contributed by atoms with van der Waals surface area (Å²) in [6, 6.07) is 8.99. The van der Waals surface area contributed by atoms with E-state index in [0.29, 0.717) is 30.2 Å². The molecular weight excluding hydrogens is 356 g/mol. The molecule has 2 N–H and O–H groups in total. The summed E-state index contributed by atoms with van der Waals surface area (Å²) >= 11 is 0. The number of hydrogen-bond donors (Lipinski definition) is 2. The fourth-order valence-electron chi connectivity index (χ4n) is 3.45. The molecule has 1 aromatic heterocycles. The number of nitrogens with one attached hydrogen (secondary N) is 1. The van der Waals surface area contributed by atoms with Crippen molar-refractivity contribution in [3.63, 3.8) is 0 Å². The van der Waals surface area contributed by atoms with E-state index in [0.717, 1.165) is 17.5 Å². The third kappa shape index (κ3) is 4.57. The van der Waals surface area contributed by atoms with Crippen LogP contribution in [0.15, 0.2) is 41.3 Å². The third-order valence-corrected chi connectivity index (χ3v) is 5.35. The van der Waals surface area contributed by atoms with Crippen molar-refractivity contribution < 1.29 is 14.7 Å². The molecule has 1 heterocycles. The molecule has 0 saturated heterocycles. The molecule has 1 aliphatic rings. The van der Waals surface area contributed by atoms with Crippen molar-refractivity contribution in [2.24, 2.45) is 11.8 Å². The quantitative estimate of drug-likeness (QED) is 0.684. The molecule has 6 nitrogen and oxygen atoms in total. The highest BCUT2D eigenvalue weighted by molar-refractivity contribution is 6.00. The van der Waals surface area contributed by atoms with E-state index in [2.05, 4.69) is 12.2 Å². The van der Waals surface area contributed by atoms with Gasteiger partial charge in [-0.15, -0.1) is 0 Å². The lowest BCUT2D eigenvalue weighted by Gasteiger charge is -2.12. The van der Waals surface area contributed by atoms with E-state index in [1.54, 1.807) is 6.20 Å². The van der Waals surface area contributed by atoms with Crippen LogP contribution < -0.4 is 10.9 Å². The minimum Gasteiger partial charge on any atom is -0.396 e.